The third kappa shape index (κ3) is 4.25. The van der Waals surface area contributed by atoms with E-state index in [0.29, 0.717) is 26.9 Å². The van der Waals surface area contributed by atoms with Crippen LogP contribution in [0, 0.1) is 13.8 Å². The Kier molecular flexibility index (Phi) is 6.15. The summed E-state index contributed by atoms with van der Waals surface area (Å²) in [5, 5.41) is 3.98. The van der Waals surface area contributed by atoms with Crippen LogP contribution in [0.15, 0.2) is 34.2 Å². The number of halogens is 1. The Morgan fingerprint density at radius 3 is 2.82 bits per heavy atom. The average Bonchev–Trinajstić information content (AvgIpc) is 3.03. The number of fused-ring (bicyclic) bond motifs is 1. The van der Waals surface area contributed by atoms with E-state index in [1.807, 2.05) is 39.8 Å². The first-order valence-corrected chi connectivity index (χ1v) is 10.5. The van der Waals surface area contributed by atoms with Gasteiger partial charge in [-0.2, -0.15) is 0 Å². The van der Waals surface area contributed by atoms with Crippen LogP contribution in [0.2, 0.25) is 5.02 Å². The number of aromatic amines is 1. The third-order valence-corrected chi connectivity index (χ3v) is 5.81. The first-order chi connectivity index (χ1) is 13.3. The lowest BCUT2D eigenvalue weighted by Gasteiger charge is -2.17. The van der Waals surface area contributed by atoms with Gasteiger partial charge < -0.3 is 10.3 Å². The van der Waals surface area contributed by atoms with Crippen LogP contribution < -0.4 is 10.9 Å². The maximum atomic E-state index is 12.9. The number of nitrogens with one attached hydrogen (secondary N) is 2. The molecule has 148 valence electrons. The van der Waals surface area contributed by atoms with Gasteiger partial charge in [-0.25, -0.2) is 4.98 Å². The molecule has 28 heavy (non-hydrogen) atoms. The molecule has 2 N–H and O–H groups in total. The largest absolute Gasteiger partial charge is 0.353 e. The van der Waals surface area contributed by atoms with Gasteiger partial charge in [0.2, 0.25) is 5.91 Å². The van der Waals surface area contributed by atoms with Gasteiger partial charge in [0.25, 0.3) is 5.56 Å². The van der Waals surface area contributed by atoms with Gasteiger partial charge in [-0.05, 0) is 51.0 Å². The summed E-state index contributed by atoms with van der Waals surface area (Å²) >= 11 is 7.27. The highest BCUT2D eigenvalue weighted by molar-refractivity contribution is 7.99. The lowest BCUT2D eigenvalue weighted by molar-refractivity contribution is -0.113. The topological polar surface area (TPSA) is 79.8 Å². The molecule has 0 saturated heterocycles. The van der Waals surface area contributed by atoms with E-state index in [1.165, 1.54) is 11.8 Å². The van der Waals surface area contributed by atoms with Crippen LogP contribution in [0.25, 0.3) is 11.0 Å². The highest BCUT2D eigenvalue weighted by Gasteiger charge is 2.18. The van der Waals surface area contributed by atoms with Gasteiger partial charge in [0, 0.05) is 22.4 Å². The molecule has 0 radical (unpaired) electrons. The van der Waals surface area contributed by atoms with Gasteiger partial charge in [-0.3, -0.25) is 14.2 Å². The summed E-state index contributed by atoms with van der Waals surface area (Å²) < 4.78 is 1.67. The van der Waals surface area contributed by atoms with Crippen molar-refractivity contribution in [3.8, 4) is 0 Å². The second kappa shape index (κ2) is 8.41. The molecule has 2 heterocycles. The first-order valence-electron chi connectivity index (χ1n) is 9.10. The van der Waals surface area contributed by atoms with E-state index >= 15 is 0 Å². The summed E-state index contributed by atoms with van der Waals surface area (Å²) in [4.78, 5) is 33.1. The number of nitrogens with zero attached hydrogens (tertiary/aromatic N) is 2. The zero-order chi connectivity index (χ0) is 20.4. The predicted molar refractivity (Wildman–Crippen MR) is 116 cm³/mol. The van der Waals surface area contributed by atoms with E-state index in [0.717, 1.165) is 17.7 Å². The molecule has 0 aliphatic rings. The molecule has 1 aromatic carbocycles. The minimum absolute atomic E-state index is 0.0197. The van der Waals surface area contributed by atoms with Gasteiger partial charge in [-0.1, -0.05) is 36.4 Å². The number of rotatable bonds is 6. The van der Waals surface area contributed by atoms with Crippen LogP contribution in [0.1, 0.15) is 37.6 Å². The molecule has 0 aliphatic carbocycles. The van der Waals surface area contributed by atoms with Crippen LogP contribution in [0.4, 0.5) is 5.69 Å². The Hall–Kier alpha value is -2.25. The van der Waals surface area contributed by atoms with Gasteiger partial charge in [0.1, 0.15) is 5.52 Å². The molecule has 3 aromatic rings. The number of hydrogen-bond acceptors (Lipinski definition) is 4. The Morgan fingerprint density at radius 2 is 2.11 bits per heavy atom. The molecule has 3 rings (SSSR count). The van der Waals surface area contributed by atoms with Crippen LogP contribution in [0.5, 0.6) is 0 Å². The minimum atomic E-state index is -0.175. The molecular weight excluding hydrogens is 396 g/mol. The highest BCUT2D eigenvalue weighted by Crippen LogP contribution is 2.24. The molecular formula is C20H23ClN4O2S. The standard InChI is InChI=1S/C20H23ClN4O2S/c1-5-13(4)25-19(27)18-16(8-12(3)22-18)24-20(25)28-10-17(26)23-15-9-14(21)7-6-11(15)2/h6-9,13,22H,5,10H2,1-4H3,(H,23,26)/t13-/m1/s1. The van der Waals surface area contributed by atoms with E-state index in [9.17, 15) is 9.59 Å². The van der Waals surface area contributed by atoms with Crippen molar-refractivity contribution in [1.29, 1.82) is 0 Å². The number of aryl methyl sites for hydroxylation is 2. The summed E-state index contributed by atoms with van der Waals surface area (Å²) in [7, 11) is 0. The Morgan fingerprint density at radius 1 is 1.36 bits per heavy atom. The molecule has 1 amide bonds. The number of thioether (sulfide) groups is 1. The quantitative estimate of drug-likeness (QED) is 0.449. The maximum absolute atomic E-state index is 12.9. The van der Waals surface area contributed by atoms with Crippen molar-refractivity contribution >= 4 is 46.0 Å². The van der Waals surface area contributed by atoms with Crippen molar-refractivity contribution in [2.75, 3.05) is 11.1 Å². The summed E-state index contributed by atoms with van der Waals surface area (Å²) in [5.74, 6) is -0.0327. The highest BCUT2D eigenvalue weighted by atomic mass is 35.5. The van der Waals surface area contributed by atoms with Crippen molar-refractivity contribution in [2.24, 2.45) is 0 Å². The van der Waals surface area contributed by atoms with Crippen LogP contribution in [-0.4, -0.2) is 26.2 Å². The van der Waals surface area contributed by atoms with Gasteiger partial charge in [0.05, 0.1) is 11.3 Å². The van der Waals surface area contributed by atoms with Crippen molar-refractivity contribution in [3.05, 3.63) is 50.9 Å². The Balaban J connectivity index is 1.86. The van der Waals surface area contributed by atoms with Gasteiger partial charge in [0.15, 0.2) is 5.16 Å². The number of benzene rings is 1. The molecule has 0 unspecified atom stereocenters. The summed E-state index contributed by atoms with van der Waals surface area (Å²) in [6.07, 6.45) is 0.786. The molecule has 1 atom stereocenters. The lowest BCUT2D eigenvalue weighted by atomic mass is 10.2. The maximum Gasteiger partial charge on any atom is 0.278 e. The monoisotopic (exact) mass is 418 g/mol. The number of aromatic nitrogens is 3. The lowest BCUT2D eigenvalue weighted by Crippen LogP contribution is -2.26. The fraction of sp³-hybridized carbons (Fsp3) is 0.350. The van der Waals surface area contributed by atoms with Crippen LogP contribution in [0.3, 0.4) is 0 Å². The number of hydrogen-bond donors (Lipinski definition) is 2. The Labute approximate surface area is 172 Å². The van der Waals surface area contributed by atoms with Gasteiger partial charge in [-0.15, -0.1) is 0 Å². The van der Waals surface area contributed by atoms with E-state index < -0.39 is 0 Å². The van der Waals surface area contributed by atoms with Crippen molar-refractivity contribution in [3.63, 3.8) is 0 Å². The first kappa shape index (κ1) is 20.5. The van der Waals surface area contributed by atoms with Gasteiger partial charge >= 0.3 is 0 Å². The van der Waals surface area contributed by atoms with Crippen molar-refractivity contribution in [2.45, 2.75) is 45.3 Å². The number of carbonyl (C=O) groups is 1. The van der Waals surface area contributed by atoms with Crippen LogP contribution in [-0.2, 0) is 4.79 Å². The number of amides is 1. The van der Waals surface area contributed by atoms with Crippen molar-refractivity contribution < 1.29 is 4.79 Å². The molecule has 0 fully saturated rings. The fourth-order valence-corrected chi connectivity index (χ4v) is 3.98. The van der Waals surface area contributed by atoms with E-state index in [-0.39, 0.29) is 23.3 Å². The zero-order valence-electron chi connectivity index (χ0n) is 16.3. The smallest absolute Gasteiger partial charge is 0.278 e. The number of H-pyrrole nitrogens is 1. The molecule has 2 aromatic heterocycles. The summed E-state index contributed by atoms with van der Waals surface area (Å²) in [6.45, 7) is 7.79. The predicted octanol–water partition coefficient (Wildman–Crippen LogP) is 4.70. The third-order valence-electron chi connectivity index (χ3n) is 4.62. The van der Waals surface area contributed by atoms with E-state index in [1.54, 1.807) is 16.7 Å². The Bertz CT molecular complexity index is 1090. The molecule has 0 spiro atoms. The summed E-state index contributed by atoms with van der Waals surface area (Å²) in [5.41, 5.74) is 3.51. The second-order valence-electron chi connectivity index (χ2n) is 6.84. The van der Waals surface area contributed by atoms with E-state index in [2.05, 4.69) is 15.3 Å². The fourth-order valence-electron chi connectivity index (χ4n) is 2.91. The molecule has 0 aliphatic heterocycles. The zero-order valence-corrected chi connectivity index (χ0v) is 17.9. The molecule has 8 heteroatoms. The number of anilines is 1. The number of carbonyl (C=O) groups excluding carboxylic acids is 1. The minimum Gasteiger partial charge on any atom is -0.353 e. The molecule has 0 bridgehead atoms. The van der Waals surface area contributed by atoms with E-state index in [4.69, 9.17) is 11.6 Å². The summed E-state index contributed by atoms with van der Waals surface area (Å²) in [6, 6.07) is 7.19. The van der Waals surface area contributed by atoms with Crippen LogP contribution >= 0.6 is 23.4 Å². The average molecular weight is 419 g/mol. The SMILES string of the molecule is CC[C@@H](C)n1c(SCC(=O)Nc2cc(Cl)ccc2C)nc2cc(C)[nH]c2c1=O. The molecule has 6 nitrogen and oxygen atoms in total. The van der Waals surface area contributed by atoms with Crippen molar-refractivity contribution in [1.82, 2.24) is 14.5 Å². The normalized spacial score (nSPS) is 12.3. The molecule has 0 saturated carbocycles. The second-order valence-corrected chi connectivity index (χ2v) is 8.21.